The van der Waals surface area contributed by atoms with Gasteiger partial charge in [-0.3, -0.25) is 0 Å². The summed E-state index contributed by atoms with van der Waals surface area (Å²) in [5.74, 6) is 3.58. The Kier molecular flexibility index (Phi) is 3.77. The first-order valence-corrected chi connectivity index (χ1v) is 4.39. The maximum atomic E-state index is 13.0. The normalized spacial score (nSPS) is 10.5. The van der Waals surface area contributed by atoms with Crippen molar-refractivity contribution in [1.82, 2.24) is 0 Å². The molecule has 2 nitrogen and oxygen atoms in total. The summed E-state index contributed by atoms with van der Waals surface area (Å²) in [7, 11) is 0. The Morgan fingerprint density at radius 2 is 2.00 bits per heavy atom. The number of rotatable bonds is 3. The van der Waals surface area contributed by atoms with E-state index >= 15 is 0 Å². The van der Waals surface area contributed by atoms with Crippen molar-refractivity contribution in [1.29, 1.82) is 0 Å². The van der Waals surface area contributed by atoms with Crippen molar-refractivity contribution < 1.29 is 13.6 Å². The third kappa shape index (κ3) is 2.72. The van der Waals surface area contributed by atoms with Crippen LogP contribution in [0.1, 0.15) is 5.56 Å². The average molecular weight is 252 g/mol. The van der Waals surface area contributed by atoms with Crippen LogP contribution in [0.2, 0.25) is 0 Å². The molecule has 0 spiro atoms. The van der Waals surface area contributed by atoms with Gasteiger partial charge in [0.05, 0.1) is 11.1 Å². The predicted octanol–water partition coefficient (Wildman–Crippen LogP) is 2.16. The Hall–Kier alpha value is -0.520. The van der Waals surface area contributed by atoms with Gasteiger partial charge in [-0.05, 0) is 27.6 Å². The molecule has 0 aliphatic carbocycles. The molecule has 0 aromatic heterocycles. The molecule has 0 radical (unpaired) electrons. The highest BCUT2D eigenvalue weighted by Gasteiger charge is 2.07. The molecule has 2 N–H and O–H groups in total. The van der Waals surface area contributed by atoms with E-state index in [1.165, 1.54) is 6.07 Å². The van der Waals surface area contributed by atoms with E-state index in [0.29, 0.717) is 12.0 Å². The lowest BCUT2D eigenvalue weighted by Gasteiger charge is -2.03. The van der Waals surface area contributed by atoms with Gasteiger partial charge in [0.2, 0.25) is 0 Å². The largest absolute Gasteiger partial charge is 0.304 e. The van der Waals surface area contributed by atoms with E-state index in [1.54, 1.807) is 0 Å². The Morgan fingerprint density at radius 3 is 2.62 bits per heavy atom. The quantitative estimate of drug-likeness (QED) is 0.660. The maximum absolute atomic E-state index is 13.0. The molecule has 72 valence electrons. The lowest BCUT2D eigenvalue weighted by Crippen LogP contribution is -2.05. The molecule has 0 amide bonds. The van der Waals surface area contributed by atoms with E-state index < -0.39 is 11.6 Å². The van der Waals surface area contributed by atoms with E-state index in [-0.39, 0.29) is 11.1 Å². The number of hydrogen-bond donors (Lipinski definition) is 1. The van der Waals surface area contributed by atoms with E-state index in [0.717, 1.165) is 6.07 Å². The lowest BCUT2D eigenvalue weighted by atomic mass is 10.1. The van der Waals surface area contributed by atoms with Gasteiger partial charge in [0, 0.05) is 12.5 Å². The fourth-order valence-electron chi connectivity index (χ4n) is 0.924. The summed E-state index contributed by atoms with van der Waals surface area (Å²) in [5.41, 5.74) is 0.374. The summed E-state index contributed by atoms with van der Waals surface area (Å²) in [6.07, 6.45) is 0.321. The first-order valence-electron chi connectivity index (χ1n) is 3.60. The van der Waals surface area contributed by atoms with Crippen molar-refractivity contribution in [2.45, 2.75) is 6.42 Å². The molecule has 0 saturated heterocycles. The van der Waals surface area contributed by atoms with Crippen molar-refractivity contribution >= 4 is 15.9 Å². The molecule has 0 fully saturated rings. The minimum absolute atomic E-state index is 0.203. The van der Waals surface area contributed by atoms with Gasteiger partial charge in [-0.25, -0.2) is 14.7 Å². The molecule has 0 aliphatic rings. The van der Waals surface area contributed by atoms with Gasteiger partial charge in [-0.15, -0.1) is 0 Å². The van der Waals surface area contributed by atoms with Gasteiger partial charge in [-0.1, -0.05) is 0 Å². The Bertz CT molecular complexity index is 306. The van der Waals surface area contributed by atoms with Crippen LogP contribution >= 0.6 is 15.9 Å². The summed E-state index contributed by atoms with van der Waals surface area (Å²) in [5, 5.41) is 0. The first kappa shape index (κ1) is 10.6. The maximum Gasteiger partial charge on any atom is 0.140 e. The standard InChI is InChI=1S/C8H8BrF2NO/c9-6-3-5(1-2-13-12)7(10)4-8(6)11/h3-4H,1-2,12H2. The van der Waals surface area contributed by atoms with Gasteiger partial charge in [0.1, 0.15) is 11.6 Å². The van der Waals surface area contributed by atoms with Gasteiger partial charge >= 0.3 is 0 Å². The van der Waals surface area contributed by atoms with Crippen molar-refractivity contribution in [2.24, 2.45) is 5.90 Å². The van der Waals surface area contributed by atoms with Gasteiger partial charge < -0.3 is 4.84 Å². The Balaban J connectivity index is 2.88. The monoisotopic (exact) mass is 251 g/mol. The van der Waals surface area contributed by atoms with Crippen LogP contribution in [-0.2, 0) is 11.3 Å². The van der Waals surface area contributed by atoms with Crippen molar-refractivity contribution in [3.05, 3.63) is 33.8 Å². The second-order valence-electron chi connectivity index (χ2n) is 2.48. The second kappa shape index (κ2) is 4.64. The van der Waals surface area contributed by atoms with Gasteiger partial charge in [0.25, 0.3) is 0 Å². The number of halogens is 3. The minimum atomic E-state index is -0.616. The van der Waals surface area contributed by atoms with Crippen LogP contribution in [0.25, 0.3) is 0 Å². The zero-order valence-electron chi connectivity index (χ0n) is 6.69. The summed E-state index contributed by atoms with van der Waals surface area (Å²) in [6, 6.07) is 2.21. The van der Waals surface area contributed by atoms with Crippen molar-refractivity contribution in [3.8, 4) is 0 Å². The Labute approximate surface area is 82.8 Å². The lowest BCUT2D eigenvalue weighted by molar-refractivity contribution is 0.140. The van der Waals surface area contributed by atoms with Crippen LogP contribution in [-0.4, -0.2) is 6.61 Å². The first-order chi connectivity index (χ1) is 6.15. The molecule has 5 heteroatoms. The SMILES string of the molecule is NOCCc1cc(Br)c(F)cc1F. The zero-order valence-corrected chi connectivity index (χ0v) is 8.27. The summed E-state index contributed by atoms with van der Waals surface area (Å²) < 4.78 is 26.0. The molecule has 13 heavy (non-hydrogen) atoms. The van der Waals surface area contributed by atoms with Crippen LogP contribution in [0, 0.1) is 11.6 Å². The van der Waals surface area contributed by atoms with Crippen LogP contribution in [0.15, 0.2) is 16.6 Å². The van der Waals surface area contributed by atoms with Crippen LogP contribution in [0.3, 0.4) is 0 Å². The molecular weight excluding hydrogens is 244 g/mol. The van der Waals surface area contributed by atoms with Crippen molar-refractivity contribution in [3.63, 3.8) is 0 Å². The topological polar surface area (TPSA) is 35.2 Å². The molecule has 1 rings (SSSR count). The molecule has 1 aromatic carbocycles. The molecule has 0 atom stereocenters. The summed E-state index contributed by atoms with van der Waals surface area (Å²) >= 11 is 2.96. The molecule has 0 bridgehead atoms. The van der Waals surface area contributed by atoms with Crippen molar-refractivity contribution in [2.75, 3.05) is 6.61 Å². The third-order valence-electron chi connectivity index (χ3n) is 1.58. The summed E-state index contributed by atoms with van der Waals surface area (Å²) in [4.78, 5) is 4.30. The molecule has 0 saturated carbocycles. The molecular formula is C8H8BrF2NO. The zero-order chi connectivity index (χ0) is 9.84. The molecule has 0 unspecified atom stereocenters. The molecule has 0 aliphatic heterocycles. The number of hydrogen-bond acceptors (Lipinski definition) is 2. The van der Waals surface area contributed by atoms with E-state index in [4.69, 9.17) is 5.90 Å². The average Bonchev–Trinajstić information content (AvgIpc) is 2.09. The highest BCUT2D eigenvalue weighted by molar-refractivity contribution is 9.10. The highest BCUT2D eigenvalue weighted by atomic mass is 79.9. The van der Waals surface area contributed by atoms with E-state index in [1.807, 2.05) is 0 Å². The van der Waals surface area contributed by atoms with E-state index in [9.17, 15) is 8.78 Å². The fraction of sp³-hybridized carbons (Fsp3) is 0.250. The highest BCUT2D eigenvalue weighted by Crippen LogP contribution is 2.20. The Morgan fingerprint density at radius 1 is 1.31 bits per heavy atom. The minimum Gasteiger partial charge on any atom is -0.304 e. The van der Waals surface area contributed by atoms with Gasteiger partial charge in [0.15, 0.2) is 0 Å². The molecule has 1 aromatic rings. The van der Waals surface area contributed by atoms with E-state index in [2.05, 4.69) is 20.8 Å². The fourth-order valence-corrected chi connectivity index (χ4v) is 1.32. The number of nitrogens with two attached hydrogens (primary N) is 1. The van der Waals surface area contributed by atoms with Crippen LogP contribution < -0.4 is 5.90 Å². The second-order valence-corrected chi connectivity index (χ2v) is 3.33. The predicted molar refractivity (Wildman–Crippen MR) is 47.9 cm³/mol. The van der Waals surface area contributed by atoms with Gasteiger partial charge in [-0.2, -0.15) is 0 Å². The van der Waals surface area contributed by atoms with Crippen LogP contribution in [0.5, 0.6) is 0 Å². The molecule has 0 heterocycles. The third-order valence-corrected chi connectivity index (χ3v) is 2.19. The van der Waals surface area contributed by atoms with Crippen LogP contribution in [0.4, 0.5) is 8.78 Å². The smallest absolute Gasteiger partial charge is 0.140 e. The number of benzene rings is 1. The summed E-state index contributed by atoms with van der Waals surface area (Å²) in [6.45, 7) is 0.203.